The molecule has 1 aliphatic rings. The van der Waals surface area contributed by atoms with Crippen LogP contribution in [0.25, 0.3) is 10.9 Å². The highest BCUT2D eigenvalue weighted by molar-refractivity contribution is 5.97. The van der Waals surface area contributed by atoms with Crippen LogP contribution in [0, 0.1) is 10.1 Å². The lowest BCUT2D eigenvalue weighted by molar-refractivity contribution is -0.383. The van der Waals surface area contributed by atoms with E-state index in [-0.39, 0.29) is 22.6 Å². The maximum Gasteiger partial charge on any atom is 0.278 e. The number of hydrogen-bond acceptors (Lipinski definition) is 5. The molecule has 1 fully saturated rings. The number of nitro benzene ring substituents is 1. The number of carbonyl (C=O) groups is 1. The minimum atomic E-state index is -0.370. The number of benzene rings is 2. The molecular formula is C23H24N4O3. The molecule has 2 aromatic carbocycles. The average Bonchev–Trinajstić information content (AvgIpc) is 2.78. The molecule has 0 radical (unpaired) electrons. The monoisotopic (exact) mass is 404 g/mol. The average molecular weight is 404 g/mol. The third kappa shape index (κ3) is 4.40. The smallest absolute Gasteiger partial charge is 0.278 e. The van der Waals surface area contributed by atoms with Gasteiger partial charge in [-0.3, -0.25) is 19.9 Å². The number of nitrogens with zero attached hydrogens (tertiary/aromatic N) is 3. The zero-order chi connectivity index (χ0) is 20.9. The van der Waals surface area contributed by atoms with Gasteiger partial charge in [-0.2, -0.15) is 0 Å². The molecule has 0 saturated carbocycles. The van der Waals surface area contributed by atoms with Crippen LogP contribution in [0.4, 0.5) is 11.4 Å². The first kappa shape index (κ1) is 19.8. The second-order valence-electron chi connectivity index (χ2n) is 7.57. The van der Waals surface area contributed by atoms with E-state index in [0.29, 0.717) is 17.3 Å². The summed E-state index contributed by atoms with van der Waals surface area (Å²) in [5.74, 6) is 0.0831. The molecule has 0 unspecified atom stereocenters. The summed E-state index contributed by atoms with van der Waals surface area (Å²) in [4.78, 5) is 29.9. The lowest BCUT2D eigenvalue weighted by Gasteiger charge is -2.34. The Kier molecular flexibility index (Phi) is 5.88. The van der Waals surface area contributed by atoms with Crippen LogP contribution in [0.3, 0.4) is 0 Å². The van der Waals surface area contributed by atoms with Crippen LogP contribution in [0.15, 0.2) is 60.8 Å². The third-order valence-electron chi connectivity index (χ3n) is 5.61. The number of amides is 1. The molecule has 1 N–H and O–H groups in total. The summed E-state index contributed by atoms with van der Waals surface area (Å²) in [6.45, 7) is 1.54. The van der Waals surface area contributed by atoms with Gasteiger partial charge in [0.05, 0.1) is 16.0 Å². The van der Waals surface area contributed by atoms with Gasteiger partial charge in [0.1, 0.15) is 5.52 Å². The van der Waals surface area contributed by atoms with Crippen LogP contribution in [-0.4, -0.2) is 34.9 Å². The number of carbonyl (C=O) groups excluding carboxylic acids is 1. The molecule has 1 aliphatic heterocycles. The molecule has 4 rings (SSSR count). The van der Waals surface area contributed by atoms with Crippen molar-refractivity contribution in [3.63, 3.8) is 0 Å². The summed E-state index contributed by atoms with van der Waals surface area (Å²) >= 11 is 0. The van der Waals surface area contributed by atoms with Gasteiger partial charge in [0.15, 0.2) is 0 Å². The quantitative estimate of drug-likeness (QED) is 0.498. The third-order valence-corrected chi connectivity index (χ3v) is 5.61. The number of fused-ring (bicyclic) bond motifs is 1. The molecule has 0 aliphatic carbocycles. The van der Waals surface area contributed by atoms with Crippen molar-refractivity contribution in [2.75, 3.05) is 18.0 Å². The summed E-state index contributed by atoms with van der Waals surface area (Å²) in [7, 11) is 0. The lowest BCUT2D eigenvalue weighted by Crippen LogP contribution is -2.44. The molecule has 7 heteroatoms. The number of nitro groups is 1. The molecule has 154 valence electrons. The first-order valence-electron chi connectivity index (χ1n) is 10.2. The predicted molar refractivity (Wildman–Crippen MR) is 117 cm³/mol. The van der Waals surface area contributed by atoms with E-state index >= 15 is 0 Å². The number of aryl methyl sites for hydroxylation is 1. The summed E-state index contributed by atoms with van der Waals surface area (Å²) in [5, 5.41) is 15.0. The van der Waals surface area contributed by atoms with Gasteiger partial charge < -0.3 is 10.2 Å². The van der Waals surface area contributed by atoms with Crippen molar-refractivity contribution >= 4 is 28.2 Å². The number of rotatable bonds is 6. The second-order valence-corrected chi connectivity index (χ2v) is 7.57. The van der Waals surface area contributed by atoms with E-state index in [0.717, 1.165) is 38.0 Å². The van der Waals surface area contributed by atoms with Gasteiger partial charge in [-0.25, -0.2) is 0 Å². The fourth-order valence-electron chi connectivity index (χ4n) is 4.02. The molecule has 7 nitrogen and oxygen atoms in total. The van der Waals surface area contributed by atoms with Crippen molar-refractivity contribution in [2.24, 2.45) is 0 Å². The van der Waals surface area contributed by atoms with E-state index in [1.807, 2.05) is 30.3 Å². The van der Waals surface area contributed by atoms with E-state index in [1.165, 1.54) is 5.56 Å². The Hall–Kier alpha value is -3.48. The molecule has 1 amide bonds. The van der Waals surface area contributed by atoms with Crippen LogP contribution in [0.5, 0.6) is 0 Å². The van der Waals surface area contributed by atoms with Gasteiger partial charge in [-0.05, 0) is 43.0 Å². The Morgan fingerprint density at radius 3 is 2.60 bits per heavy atom. The molecule has 1 aromatic heterocycles. The molecule has 0 atom stereocenters. The predicted octanol–water partition coefficient (Wildman–Crippen LogP) is 3.86. The van der Waals surface area contributed by atoms with Crippen LogP contribution in [0.1, 0.15) is 24.8 Å². The van der Waals surface area contributed by atoms with E-state index in [9.17, 15) is 14.9 Å². The molecule has 3 aromatic rings. The largest absolute Gasteiger partial charge is 0.370 e. The lowest BCUT2D eigenvalue weighted by atomic mass is 10.0. The van der Waals surface area contributed by atoms with Crippen molar-refractivity contribution in [3.05, 3.63) is 76.5 Å². The fourth-order valence-corrected chi connectivity index (χ4v) is 4.02. The Bertz CT molecular complexity index is 1050. The number of non-ortho nitro benzene ring substituents is 1. The Balaban J connectivity index is 1.36. The zero-order valence-corrected chi connectivity index (χ0v) is 16.7. The second kappa shape index (κ2) is 8.90. The maximum absolute atomic E-state index is 12.3. The van der Waals surface area contributed by atoms with Crippen molar-refractivity contribution in [2.45, 2.75) is 31.7 Å². The van der Waals surface area contributed by atoms with E-state index in [1.54, 1.807) is 30.5 Å². The van der Waals surface area contributed by atoms with Crippen molar-refractivity contribution in [1.82, 2.24) is 10.3 Å². The Labute approximate surface area is 174 Å². The van der Waals surface area contributed by atoms with Crippen LogP contribution in [-0.2, 0) is 11.2 Å². The van der Waals surface area contributed by atoms with E-state index in [2.05, 4.69) is 15.2 Å². The topological polar surface area (TPSA) is 88.4 Å². The Morgan fingerprint density at radius 1 is 1.10 bits per heavy atom. The van der Waals surface area contributed by atoms with Gasteiger partial charge in [0, 0.05) is 37.8 Å². The van der Waals surface area contributed by atoms with Crippen LogP contribution >= 0.6 is 0 Å². The summed E-state index contributed by atoms with van der Waals surface area (Å²) in [5.41, 5.74) is 2.80. The first-order valence-corrected chi connectivity index (χ1v) is 10.2. The molecule has 2 heterocycles. The summed E-state index contributed by atoms with van der Waals surface area (Å²) in [6, 6.07) is 17.0. The summed E-state index contributed by atoms with van der Waals surface area (Å²) in [6.07, 6.45) is 4.56. The standard InChI is InChI=1S/C23H24N4O3/c28-22(11-8-17-5-2-1-3-6-17)25-18-12-15-26(16-13-18)21-10-9-20(27(29)30)19-7-4-14-24-23(19)21/h1-7,9-10,14,18H,8,11-13,15-16H2,(H,25,28). The van der Waals surface area contributed by atoms with Gasteiger partial charge >= 0.3 is 0 Å². The fraction of sp³-hybridized carbons (Fsp3) is 0.304. The highest BCUT2D eigenvalue weighted by Crippen LogP contribution is 2.33. The van der Waals surface area contributed by atoms with Gasteiger partial charge in [0.25, 0.3) is 5.69 Å². The normalized spacial score (nSPS) is 14.6. The van der Waals surface area contributed by atoms with Gasteiger partial charge in [-0.1, -0.05) is 30.3 Å². The van der Waals surface area contributed by atoms with E-state index < -0.39 is 0 Å². The van der Waals surface area contributed by atoms with Gasteiger partial charge in [-0.15, -0.1) is 0 Å². The van der Waals surface area contributed by atoms with E-state index in [4.69, 9.17) is 0 Å². The number of nitrogens with one attached hydrogen (secondary N) is 1. The number of aromatic nitrogens is 1. The highest BCUT2D eigenvalue weighted by atomic mass is 16.6. The van der Waals surface area contributed by atoms with Gasteiger partial charge in [0.2, 0.25) is 5.91 Å². The molecular weight excluding hydrogens is 380 g/mol. The zero-order valence-electron chi connectivity index (χ0n) is 16.7. The van der Waals surface area contributed by atoms with Crippen molar-refractivity contribution < 1.29 is 9.72 Å². The minimum Gasteiger partial charge on any atom is -0.370 e. The SMILES string of the molecule is O=C(CCc1ccccc1)NC1CCN(c2ccc([N+](=O)[O-])c3cccnc23)CC1. The van der Waals surface area contributed by atoms with Crippen molar-refractivity contribution in [3.8, 4) is 0 Å². The molecule has 0 spiro atoms. The van der Waals surface area contributed by atoms with Crippen LogP contribution in [0.2, 0.25) is 0 Å². The summed E-state index contributed by atoms with van der Waals surface area (Å²) < 4.78 is 0. The Morgan fingerprint density at radius 2 is 1.87 bits per heavy atom. The highest BCUT2D eigenvalue weighted by Gasteiger charge is 2.24. The molecule has 0 bridgehead atoms. The maximum atomic E-state index is 12.3. The number of pyridine rings is 1. The van der Waals surface area contributed by atoms with Crippen molar-refractivity contribution in [1.29, 1.82) is 0 Å². The molecule has 1 saturated heterocycles. The first-order chi connectivity index (χ1) is 14.6. The minimum absolute atomic E-state index is 0.0717. The van der Waals surface area contributed by atoms with Crippen LogP contribution < -0.4 is 10.2 Å². The number of anilines is 1. The number of hydrogen-bond donors (Lipinski definition) is 1. The molecule has 30 heavy (non-hydrogen) atoms. The number of piperidine rings is 1.